The molecule has 21 heavy (non-hydrogen) atoms. The Morgan fingerprint density at radius 2 is 1.90 bits per heavy atom. The van der Waals surface area contributed by atoms with E-state index in [1.54, 1.807) is 19.9 Å². The number of benzene rings is 1. The summed E-state index contributed by atoms with van der Waals surface area (Å²) in [6.45, 7) is 7.45. The number of nitrogens with zero attached hydrogens (tertiary/aromatic N) is 2. The third-order valence-electron chi connectivity index (χ3n) is 3.30. The fourth-order valence-electron chi connectivity index (χ4n) is 2.25. The normalized spacial score (nSPS) is 10.5. The monoisotopic (exact) mass is 285 g/mol. The molecule has 0 fully saturated rings. The van der Waals surface area contributed by atoms with Gasteiger partial charge in [-0.1, -0.05) is 17.7 Å². The van der Waals surface area contributed by atoms with Gasteiger partial charge in [0.15, 0.2) is 0 Å². The molecule has 0 unspecified atom stereocenters. The van der Waals surface area contributed by atoms with E-state index < -0.39 is 5.69 Å². The first-order chi connectivity index (χ1) is 9.86. The largest absolute Gasteiger partial charge is 0.348 e. The number of aryl methyl sites for hydroxylation is 4. The highest BCUT2D eigenvalue weighted by atomic mass is 16.2. The van der Waals surface area contributed by atoms with Gasteiger partial charge in [0, 0.05) is 17.1 Å². The first-order valence-electron chi connectivity index (χ1n) is 6.79. The van der Waals surface area contributed by atoms with Crippen LogP contribution in [-0.4, -0.2) is 15.5 Å². The van der Waals surface area contributed by atoms with Crippen molar-refractivity contribution in [2.45, 2.75) is 34.2 Å². The molecule has 0 spiro atoms. The summed E-state index contributed by atoms with van der Waals surface area (Å²) in [4.78, 5) is 27.8. The fraction of sp³-hybridized carbons (Fsp3) is 0.312. The quantitative estimate of drug-likeness (QED) is 0.939. The second-order valence-corrected chi connectivity index (χ2v) is 5.27. The van der Waals surface area contributed by atoms with E-state index in [-0.39, 0.29) is 12.5 Å². The molecule has 0 bridgehead atoms. The van der Waals surface area contributed by atoms with Gasteiger partial charge in [-0.3, -0.25) is 9.36 Å². The smallest absolute Gasteiger partial charge is 0.324 e. The van der Waals surface area contributed by atoms with E-state index in [1.165, 1.54) is 4.57 Å². The molecule has 5 heteroatoms. The zero-order valence-electron chi connectivity index (χ0n) is 12.7. The Morgan fingerprint density at radius 1 is 1.19 bits per heavy atom. The van der Waals surface area contributed by atoms with E-state index in [0.29, 0.717) is 5.69 Å². The summed E-state index contributed by atoms with van der Waals surface area (Å²) in [5, 5.41) is 2.83. The molecule has 1 N–H and O–H groups in total. The highest BCUT2D eigenvalue weighted by Gasteiger charge is 2.09. The topological polar surface area (TPSA) is 64.0 Å². The van der Waals surface area contributed by atoms with Crippen molar-refractivity contribution >= 4 is 11.6 Å². The molecule has 0 radical (unpaired) electrons. The summed E-state index contributed by atoms with van der Waals surface area (Å²) < 4.78 is 1.37. The first-order valence-corrected chi connectivity index (χ1v) is 6.79. The predicted octanol–water partition coefficient (Wildman–Crippen LogP) is 2.12. The molecule has 1 amide bonds. The summed E-state index contributed by atoms with van der Waals surface area (Å²) in [5.74, 6) is -0.238. The number of amides is 1. The number of aromatic nitrogens is 2. The van der Waals surface area contributed by atoms with Crippen LogP contribution in [0.1, 0.15) is 22.5 Å². The van der Waals surface area contributed by atoms with Crippen molar-refractivity contribution in [2.24, 2.45) is 0 Å². The van der Waals surface area contributed by atoms with Crippen LogP contribution < -0.4 is 11.0 Å². The molecule has 0 atom stereocenters. The van der Waals surface area contributed by atoms with Crippen molar-refractivity contribution in [2.75, 3.05) is 5.32 Å². The molecule has 1 aromatic carbocycles. The van der Waals surface area contributed by atoms with Gasteiger partial charge in [-0.05, 0) is 45.4 Å². The van der Waals surface area contributed by atoms with Crippen molar-refractivity contribution < 1.29 is 4.79 Å². The Morgan fingerprint density at radius 3 is 2.52 bits per heavy atom. The maximum absolute atomic E-state index is 12.1. The minimum absolute atomic E-state index is 0.0364. The zero-order valence-corrected chi connectivity index (χ0v) is 12.7. The van der Waals surface area contributed by atoms with Gasteiger partial charge in [0.25, 0.3) is 0 Å². The highest BCUT2D eigenvalue weighted by molar-refractivity contribution is 5.91. The van der Waals surface area contributed by atoms with Crippen LogP contribution in [0.5, 0.6) is 0 Å². The molecule has 0 aliphatic rings. The van der Waals surface area contributed by atoms with Gasteiger partial charge in [0.2, 0.25) is 5.91 Å². The number of rotatable bonds is 3. The van der Waals surface area contributed by atoms with Gasteiger partial charge in [0.05, 0.1) is 0 Å². The molecule has 1 aromatic heterocycles. The molecule has 110 valence electrons. The Hall–Kier alpha value is -2.43. The molecule has 0 aliphatic heterocycles. The molecule has 2 aromatic rings. The SMILES string of the molecule is Cc1ccc(NC(=O)Cn2c(C)cc(C)nc2=O)c(C)c1. The molecule has 1 heterocycles. The molecule has 2 rings (SSSR count). The molecular weight excluding hydrogens is 266 g/mol. The summed E-state index contributed by atoms with van der Waals surface area (Å²) >= 11 is 0. The van der Waals surface area contributed by atoms with Crippen molar-refractivity contribution in [3.05, 3.63) is 57.3 Å². The van der Waals surface area contributed by atoms with Crippen LogP contribution in [-0.2, 0) is 11.3 Å². The zero-order chi connectivity index (χ0) is 15.6. The maximum Gasteiger partial charge on any atom is 0.348 e. The van der Waals surface area contributed by atoms with Crippen LogP contribution in [0.2, 0.25) is 0 Å². The molecular formula is C16H19N3O2. The van der Waals surface area contributed by atoms with Crippen molar-refractivity contribution in [3.8, 4) is 0 Å². The van der Waals surface area contributed by atoms with Gasteiger partial charge in [-0.15, -0.1) is 0 Å². The lowest BCUT2D eigenvalue weighted by Gasteiger charge is -2.12. The van der Waals surface area contributed by atoms with Crippen LogP contribution in [0.3, 0.4) is 0 Å². The van der Waals surface area contributed by atoms with Crippen LogP contribution in [0.15, 0.2) is 29.1 Å². The summed E-state index contributed by atoms with van der Waals surface area (Å²) in [6, 6.07) is 7.59. The average Bonchev–Trinajstić information content (AvgIpc) is 2.37. The Kier molecular flexibility index (Phi) is 4.21. The Bertz CT molecular complexity index is 748. The second kappa shape index (κ2) is 5.91. The second-order valence-electron chi connectivity index (χ2n) is 5.27. The van der Waals surface area contributed by atoms with Gasteiger partial charge >= 0.3 is 5.69 Å². The van der Waals surface area contributed by atoms with E-state index in [9.17, 15) is 9.59 Å². The van der Waals surface area contributed by atoms with Crippen LogP contribution >= 0.6 is 0 Å². The fourth-order valence-corrected chi connectivity index (χ4v) is 2.25. The third-order valence-corrected chi connectivity index (χ3v) is 3.30. The van der Waals surface area contributed by atoms with Crippen molar-refractivity contribution in [1.29, 1.82) is 0 Å². The van der Waals surface area contributed by atoms with Gasteiger partial charge in [-0.25, -0.2) is 4.79 Å². The summed E-state index contributed by atoms with van der Waals surface area (Å²) in [5.41, 5.74) is 3.88. The standard InChI is InChI=1S/C16H19N3O2/c1-10-5-6-14(11(2)7-10)18-15(20)9-19-13(4)8-12(3)17-16(19)21/h5-8H,9H2,1-4H3,(H,18,20). The van der Waals surface area contributed by atoms with Gasteiger partial charge in [0.1, 0.15) is 6.54 Å². The third kappa shape index (κ3) is 3.56. The Balaban J connectivity index is 2.18. The van der Waals surface area contributed by atoms with E-state index >= 15 is 0 Å². The van der Waals surface area contributed by atoms with Gasteiger partial charge < -0.3 is 5.32 Å². The summed E-state index contributed by atoms with van der Waals surface area (Å²) in [7, 11) is 0. The maximum atomic E-state index is 12.1. The number of carbonyl (C=O) groups is 1. The average molecular weight is 285 g/mol. The minimum Gasteiger partial charge on any atom is -0.324 e. The summed E-state index contributed by atoms with van der Waals surface area (Å²) in [6.07, 6.45) is 0. The number of carbonyl (C=O) groups excluding carboxylic acids is 1. The van der Waals surface area contributed by atoms with Gasteiger partial charge in [-0.2, -0.15) is 4.98 Å². The van der Waals surface area contributed by atoms with Crippen molar-refractivity contribution in [3.63, 3.8) is 0 Å². The minimum atomic E-state index is -0.400. The lowest BCUT2D eigenvalue weighted by atomic mass is 10.1. The predicted molar refractivity (Wildman–Crippen MR) is 82.5 cm³/mol. The Labute approximate surface area is 123 Å². The number of nitrogens with one attached hydrogen (secondary N) is 1. The van der Waals surface area contributed by atoms with E-state index in [2.05, 4.69) is 10.3 Å². The lowest BCUT2D eigenvalue weighted by molar-refractivity contribution is -0.116. The molecule has 0 saturated heterocycles. The number of anilines is 1. The molecule has 0 aliphatic carbocycles. The van der Waals surface area contributed by atoms with E-state index in [0.717, 1.165) is 22.5 Å². The number of hydrogen-bond donors (Lipinski definition) is 1. The lowest BCUT2D eigenvalue weighted by Crippen LogP contribution is -2.31. The molecule has 0 saturated carbocycles. The van der Waals surface area contributed by atoms with Crippen molar-refractivity contribution in [1.82, 2.24) is 9.55 Å². The molecule has 5 nitrogen and oxygen atoms in total. The van der Waals surface area contributed by atoms with Crippen LogP contribution in [0, 0.1) is 27.7 Å². The van der Waals surface area contributed by atoms with E-state index in [4.69, 9.17) is 0 Å². The first kappa shape index (κ1) is 15.0. The van der Waals surface area contributed by atoms with Crippen LogP contribution in [0.4, 0.5) is 5.69 Å². The number of hydrogen-bond acceptors (Lipinski definition) is 3. The highest BCUT2D eigenvalue weighted by Crippen LogP contribution is 2.15. The van der Waals surface area contributed by atoms with E-state index in [1.807, 2.05) is 32.0 Å². The van der Waals surface area contributed by atoms with Crippen LogP contribution in [0.25, 0.3) is 0 Å².